The van der Waals surface area contributed by atoms with Crippen LogP contribution in [0, 0.1) is 5.82 Å². The largest absolute Gasteiger partial charge is 0.496 e. The van der Waals surface area contributed by atoms with Gasteiger partial charge in [-0.15, -0.1) is 6.58 Å². The van der Waals surface area contributed by atoms with Gasteiger partial charge in [0.2, 0.25) is 0 Å². The number of carboxylic acids is 1. The summed E-state index contributed by atoms with van der Waals surface area (Å²) in [6.07, 6.45) is 1.51. The van der Waals surface area contributed by atoms with Crippen molar-refractivity contribution in [3.63, 3.8) is 0 Å². The van der Waals surface area contributed by atoms with E-state index in [9.17, 15) is 14.3 Å². The first kappa shape index (κ1) is 14.2. The van der Waals surface area contributed by atoms with Crippen LogP contribution >= 0.6 is 0 Å². The Kier molecular flexibility index (Phi) is 4.44. The predicted molar refractivity (Wildman–Crippen MR) is 66.1 cm³/mol. The minimum absolute atomic E-state index is 0.0261. The van der Waals surface area contributed by atoms with Crippen molar-refractivity contribution in [2.24, 2.45) is 0 Å². The molecule has 18 heavy (non-hydrogen) atoms. The quantitative estimate of drug-likeness (QED) is 0.760. The molecule has 1 aromatic rings. The van der Waals surface area contributed by atoms with Gasteiger partial charge in [0, 0.05) is 6.54 Å². The van der Waals surface area contributed by atoms with Crippen molar-refractivity contribution in [3.05, 3.63) is 42.2 Å². The van der Waals surface area contributed by atoms with Crippen molar-refractivity contribution in [2.75, 3.05) is 13.7 Å². The van der Waals surface area contributed by atoms with E-state index in [1.807, 2.05) is 0 Å². The fourth-order valence-corrected chi connectivity index (χ4v) is 1.71. The number of halogens is 1. The number of hydrogen-bond donors (Lipinski definition) is 2. The van der Waals surface area contributed by atoms with E-state index in [1.165, 1.54) is 38.3 Å². The Morgan fingerprint density at radius 2 is 2.33 bits per heavy atom. The maximum absolute atomic E-state index is 13.9. The SMILES string of the molecule is C=CCNC(C)(C(=O)O)c1c(F)cccc1OC. The van der Waals surface area contributed by atoms with Gasteiger partial charge >= 0.3 is 5.97 Å². The van der Waals surface area contributed by atoms with E-state index < -0.39 is 17.3 Å². The molecule has 0 amide bonds. The third kappa shape index (κ3) is 2.51. The summed E-state index contributed by atoms with van der Waals surface area (Å²) in [6.45, 7) is 5.13. The lowest BCUT2D eigenvalue weighted by Crippen LogP contribution is -2.47. The van der Waals surface area contributed by atoms with Crippen LogP contribution in [0.1, 0.15) is 12.5 Å². The second-order valence-corrected chi connectivity index (χ2v) is 3.92. The minimum atomic E-state index is -1.58. The van der Waals surface area contributed by atoms with E-state index in [2.05, 4.69) is 11.9 Å². The predicted octanol–water partition coefficient (Wildman–Crippen LogP) is 1.91. The Hall–Kier alpha value is -1.88. The van der Waals surface area contributed by atoms with Crippen LogP contribution in [0.4, 0.5) is 4.39 Å². The van der Waals surface area contributed by atoms with E-state index in [1.54, 1.807) is 0 Å². The Bertz CT molecular complexity index is 462. The van der Waals surface area contributed by atoms with Gasteiger partial charge in [-0.2, -0.15) is 0 Å². The minimum Gasteiger partial charge on any atom is -0.496 e. The standard InChI is InChI=1S/C13H16FNO3/c1-4-8-15-13(2,12(16)17)11-9(14)6-5-7-10(11)18-3/h4-7,15H,1,8H2,2-3H3,(H,16,17). The van der Waals surface area contributed by atoms with E-state index in [4.69, 9.17) is 4.74 Å². The zero-order chi connectivity index (χ0) is 13.8. The number of rotatable bonds is 6. The van der Waals surface area contributed by atoms with Gasteiger partial charge in [-0.25, -0.2) is 9.18 Å². The van der Waals surface area contributed by atoms with Gasteiger partial charge in [0.15, 0.2) is 0 Å². The summed E-state index contributed by atoms with van der Waals surface area (Å²) in [4.78, 5) is 11.4. The molecule has 1 unspecified atom stereocenters. The van der Waals surface area contributed by atoms with E-state index in [-0.39, 0.29) is 17.9 Å². The molecule has 0 heterocycles. The number of nitrogens with one attached hydrogen (secondary N) is 1. The molecule has 0 aliphatic carbocycles. The van der Waals surface area contributed by atoms with Gasteiger partial charge in [0.1, 0.15) is 17.1 Å². The summed E-state index contributed by atoms with van der Waals surface area (Å²) in [5, 5.41) is 12.1. The molecule has 4 nitrogen and oxygen atoms in total. The number of benzene rings is 1. The van der Waals surface area contributed by atoms with Crippen LogP contribution in [-0.4, -0.2) is 24.7 Å². The number of methoxy groups -OCH3 is 1. The van der Waals surface area contributed by atoms with Crippen LogP contribution < -0.4 is 10.1 Å². The van der Waals surface area contributed by atoms with Gasteiger partial charge < -0.3 is 9.84 Å². The van der Waals surface area contributed by atoms with Crippen LogP contribution in [0.5, 0.6) is 5.75 Å². The molecule has 0 aliphatic heterocycles. The number of carboxylic acid groups (broad SMARTS) is 1. The molecule has 0 bridgehead atoms. The van der Waals surface area contributed by atoms with E-state index >= 15 is 0 Å². The van der Waals surface area contributed by atoms with Crippen molar-refractivity contribution >= 4 is 5.97 Å². The highest BCUT2D eigenvalue weighted by atomic mass is 19.1. The highest BCUT2D eigenvalue weighted by Gasteiger charge is 2.39. The lowest BCUT2D eigenvalue weighted by atomic mass is 9.90. The second-order valence-electron chi connectivity index (χ2n) is 3.92. The molecule has 0 saturated heterocycles. The van der Waals surface area contributed by atoms with Gasteiger partial charge in [0.05, 0.1) is 12.7 Å². The summed E-state index contributed by atoms with van der Waals surface area (Å²) in [5.41, 5.74) is -1.60. The highest BCUT2D eigenvalue weighted by Crippen LogP contribution is 2.32. The van der Waals surface area contributed by atoms with Crippen molar-refractivity contribution in [2.45, 2.75) is 12.5 Å². The normalized spacial score (nSPS) is 13.7. The average Bonchev–Trinajstić information content (AvgIpc) is 2.35. The smallest absolute Gasteiger partial charge is 0.328 e. The van der Waals surface area contributed by atoms with Crippen LogP contribution in [0.15, 0.2) is 30.9 Å². The van der Waals surface area contributed by atoms with Gasteiger partial charge in [-0.3, -0.25) is 5.32 Å². The fraction of sp³-hybridized carbons (Fsp3) is 0.308. The van der Waals surface area contributed by atoms with Gasteiger partial charge in [-0.05, 0) is 19.1 Å². The lowest BCUT2D eigenvalue weighted by molar-refractivity contribution is -0.144. The van der Waals surface area contributed by atoms with Crippen molar-refractivity contribution in [1.29, 1.82) is 0 Å². The van der Waals surface area contributed by atoms with Crippen molar-refractivity contribution < 1.29 is 19.0 Å². The zero-order valence-electron chi connectivity index (χ0n) is 10.4. The Morgan fingerprint density at radius 1 is 1.67 bits per heavy atom. The summed E-state index contributed by atoms with van der Waals surface area (Å²) in [6, 6.07) is 4.19. The molecule has 1 rings (SSSR count). The summed E-state index contributed by atoms with van der Waals surface area (Å²) >= 11 is 0. The summed E-state index contributed by atoms with van der Waals surface area (Å²) < 4.78 is 18.9. The molecule has 1 atom stereocenters. The Balaban J connectivity index is 3.37. The first-order valence-corrected chi connectivity index (χ1v) is 5.39. The molecular weight excluding hydrogens is 237 g/mol. The zero-order valence-corrected chi connectivity index (χ0v) is 10.4. The maximum Gasteiger partial charge on any atom is 0.328 e. The monoisotopic (exact) mass is 253 g/mol. The second kappa shape index (κ2) is 5.64. The van der Waals surface area contributed by atoms with Crippen molar-refractivity contribution in [1.82, 2.24) is 5.32 Å². The van der Waals surface area contributed by atoms with Crippen LogP contribution in [0.2, 0.25) is 0 Å². The summed E-state index contributed by atoms with van der Waals surface area (Å²) in [7, 11) is 1.37. The van der Waals surface area contributed by atoms with E-state index in [0.717, 1.165) is 0 Å². The lowest BCUT2D eigenvalue weighted by Gasteiger charge is -2.28. The molecule has 5 heteroatoms. The number of carbonyl (C=O) groups is 1. The number of ether oxygens (including phenoxy) is 1. The molecule has 0 aliphatic rings. The molecule has 0 spiro atoms. The third-order valence-electron chi connectivity index (χ3n) is 2.72. The number of aliphatic carboxylic acids is 1. The Labute approximate surface area is 105 Å². The average molecular weight is 253 g/mol. The number of hydrogen-bond acceptors (Lipinski definition) is 3. The maximum atomic E-state index is 13.9. The highest BCUT2D eigenvalue weighted by molar-refractivity contribution is 5.81. The molecule has 0 radical (unpaired) electrons. The molecule has 2 N–H and O–H groups in total. The first-order valence-electron chi connectivity index (χ1n) is 5.39. The molecule has 0 fully saturated rings. The molecule has 0 aromatic heterocycles. The molecular formula is C13H16FNO3. The van der Waals surface area contributed by atoms with Gasteiger partial charge in [-0.1, -0.05) is 12.1 Å². The molecule has 1 aromatic carbocycles. The molecule has 98 valence electrons. The topological polar surface area (TPSA) is 58.6 Å². The first-order chi connectivity index (χ1) is 8.47. The molecule has 0 saturated carbocycles. The Morgan fingerprint density at radius 3 is 2.83 bits per heavy atom. The fourth-order valence-electron chi connectivity index (χ4n) is 1.71. The third-order valence-corrected chi connectivity index (χ3v) is 2.72. The van der Waals surface area contributed by atoms with E-state index in [0.29, 0.717) is 0 Å². The van der Waals surface area contributed by atoms with Gasteiger partial charge in [0.25, 0.3) is 0 Å². The van der Waals surface area contributed by atoms with Crippen LogP contribution in [-0.2, 0) is 10.3 Å². The van der Waals surface area contributed by atoms with Crippen LogP contribution in [0.25, 0.3) is 0 Å². The van der Waals surface area contributed by atoms with Crippen LogP contribution in [0.3, 0.4) is 0 Å². The summed E-state index contributed by atoms with van der Waals surface area (Å²) in [5.74, 6) is -1.62. The van der Waals surface area contributed by atoms with Crippen molar-refractivity contribution in [3.8, 4) is 5.75 Å².